The topological polar surface area (TPSA) is 53.4 Å². The van der Waals surface area contributed by atoms with E-state index in [4.69, 9.17) is 0 Å². The minimum atomic E-state index is -0.367. The summed E-state index contributed by atoms with van der Waals surface area (Å²) in [6.07, 6.45) is 0. The molecule has 0 aliphatic rings. The summed E-state index contributed by atoms with van der Waals surface area (Å²) in [5.74, 6) is -0.507. The maximum atomic E-state index is 13.8. The van der Waals surface area contributed by atoms with E-state index in [1.54, 1.807) is 54.9 Å². The molecule has 0 fully saturated rings. The van der Waals surface area contributed by atoms with E-state index in [0.717, 1.165) is 0 Å². The minimum absolute atomic E-state index is 0.141. The van der Waals surface area contributed by atoms with Gasteiger partial charge in [-0.2, -0.15) is 0 Å². The van der Waals surface area contributed by atoms with Gasteiger partial charge < -0.3 is 10.0 Å². The maximum Gasteiger partial charge on any atom is 0.273 e. The molecule has 0 aliphatic carbocycles. The van der Waals surface area contributed by atoms with Crippen molar-refractivity contribution in [2.24, 2.45) is 0 Å². The highest BCUT2D eigenvalue weighted by molar-refractivity contribution is 7.13. The second-order valence-corrected chi connectivity index (χ2v) is 6.17. The zero-order valence-corrected chi connectivity index (χ0v) is 13.8. The summed E-state index contributed by atoms with van der Waals surface area (Å²) in [5, 5.41) is 11.9. The van der Waals surface area contributed by atoms with Crippen molar-refractivity contribution in [3.8, 4) is 16.3 Å². The second kappa shape index (κ2) is 6.80. The molecule has 1 amide bonds. The van der Waals surface area contributed by atoms with Crippen LogP contribution in [0.4, 0.5) is 4.39 Å². The summed E-state index contributed by atoms with van der Waals surface area (Å²) in [7, 11) is 1.64. The quantitative estimate of drug-likeness (QED) is 0.782. The fraction of sp³-hybridized carbons (Fsp3) is 0.111. The molecule has 24 heavy (non-hydrogen) atoms. The first kappa shape index (κ1) is 16.1. The molecular formula is C18H15FN2O2S. The number of benzene rings is 2. The number of nitrogens with zero attached hydrogens (tertiary/aromatic N) is 2. The van der Waals surface area contributed by atoms with Gasteiger partial charge in [0.1, 0.15) is 22.3 Å². The predicted octanol–water partition coefficient (Wildman–Crippen LogP) is 3.93. The van der Waals surface area contributed by atoms with Gasteiger partial charge in [-0.05, 0) is 18.2 Å². The molecule has 3 rings (SSSR count). The minimum Gasteiger partial charge on any atom is -0.508 e. The van der Waals surface area contributed by atoms with E-state index in [9.17, 15) is 14.3 Å². The van der Waals surface area contributed by atoms with Crippen molar-refractivity contribution in [1.29, 1.82) is 0 Å². The SMILES string of the molecule is CN(Cc1ccccc1O)C(=O)c1csc(-c2ccccc2F)n1. The lowest BCUT2D eigenvalue weighted by molar-refractivity contribution is 0.0779. The Balaban J connectivity index is 1.79. The van der Waals surface area contributed by atoms with Crippen molar-refractivity contribution in [1.82, 2.24) is 9.88 Å². The molecule has 0 saturated carbocycles. The number of phenolic OH excluding ortho intramolecular Hbond substituents is 1. The summed E-state index contributed by atoms with van der Waals surface area (Å²) < 4.78 is 13.8. The summed E-state index contributed by atoms with van der Waals surface area (Å²) >= 11 is 1.22. The number of halogens is 1. The molecule has 0 atom stereocenters. The third-order valence-electron chi connectivity index (χ3n) is 3.57. The molecule has 1 aromatic heterocycles. The molecule has 0 aliphatic heterocycles. The molecule has 4 nitrogen and oxygen atoms in total. The lowest BCUT2D eigenvalue weighted by Gasteiger charge is -2.16. The van der Waals surface area contributed by atoms with Crippen LogP contribution in [0.2, 0.25) is 0 Å². The number of thiazole rings is 1. The van der Waals surface area contributed by atoms with Gasteiger partial charge in [0.2, 0.25) is 0 Å². The van der Waals surface area contributed by atoms with E-state index in [0.29, 0.717) is 16.1 Å². The number of phenols is 1. The molecule has 1 heterocycles. The van der Waals surface area contributed by atoms with Crippen molar-refractivity contribution < 1.29 is 14.3 Å². The Morgan fingerprint density at radius 2 is 1.92 bits per heavy atom. The molecule has 122 valence electrons. The van der Waals surface area contributed by atoms with Crippen LogP contribution < -0.4 is 0 Å². The normalized spacial score (nSPS) is 10.6. The highest BCUT2D eigenvalue weighted by atomic mass is 32.1. The number of hydrogen-bond donors (Lipinski definition) is 1. The fourth-order valence-corrected chi connectivity index (χ4v) is 3.12. The summed E-state index contributed by atoms with van der Waals surface area (Å²) in [6.45, 7) is 0.262. The van der Waals surface area contributed by atoms with Crippen LogP contribution >= 0.6 is 11.3 Å². The molecule has 0 spiro atoms. The smallest absolute Gasteiger partial charge is 0.273 e. The first-order valence-electron chi connectivity index (χ1n) is 7.29. The third kappa shape index (κ3) is 3.28. The summed E-state index contributed by atoms with van der Waals surface area (Å²) in [6, 6.07) is 13.2. The van der Waals surface area contributed by atoms with E-state index in [1.807, 2.05) is 0 Å². The van der Waals surface area contributed by atoms with Gasteiger partial charge in [-0.3, -0.25) is 4.79 Å². The average Bonchev–Trinajstić information content (AvgIpc) is 3.06. The molecule has 0 saturated heterocycles. The standard InChI is InChI=1S/C18H15FN2O2S/c1-21(10-12-6-2-5-9-16(12)22)18(23)15-11-24-17(20-15)13-7-3-4-8-14(13)19/h2-9,11,22H,10H2,1H3. The Morgan fingerprint density at radius 3 is 2.67 bits per heavy atom. The van der Waals surface area contributed by atoms with Crippen molar-refractivity contribution in [3.05, 3.63) is 71.0 Å². The Bertz CT molecular complexity index is 879. The van der Waals surface area contributed by atoms with Crippen molar-refractivity contribution >= 4 is 17.2 Å². The highest BCUT2D eigenvalue weighted by Crippen LogP contribution is 2.27. The number of hydrogen-bond acceptors (Lipinski definition) is 4. The summed E-state index contributed by atoms with van der Waals surface area (Å²) in [5.41, 5.74) is 1.29. The van der Waals surface area contributed by atoms with Gasteiger partial charge in [0.15, 0.2) is 0 Å². The van der Waals surface area contributed by atoms with Crippen LogP contribution in [0.1, 0.15) is 16.1 Å². The molecular weight excluding hydrogens is 327 g/mol. The van der Waals surface area contributed by atoms with Crippen LogP contribution in [-0.2, 0) is 6.54 Å². The lowest BCUT2D eigenvalue weighted by atomic mass is 10.2. The first-order chi connectivity index (χ1) is 11.6. The van der Waals surface area contributed by atoms with E-state index in [2.05, 4.69) is 4.98 Å². The first-order valence-corrected chi connectivity index (χ1v) is 8.17. The van der Waals surface area contributed by atoms with Crippen LogP contribution in [0.5, 0.6) is 5.75 Å². The van der Waals surface area contributed by atoms with Gasteiger partial charge in [0, 0.05) is 30.1 Å². The van der Waals surface area contributed by atoms with Gasteiger partial charge >= 0.3 is 0 Å². The van der Waals surface area contributed by atoms with Gasteiger partial charge in [0.25, 0.3) is 5.91 Å². The largest absolute Gasteiger partial charge is 0.508 e. The van der Waals surface area contributed by atoms with Gasteiger partial charge in [-0.1, -0.05) is 30.3 Å². The number of carbonyl (C=O) groups excluding carboxylic acids is 1. The van der Waals surface area contributed by atoms with Crippen LogP contribution in [0.15, 0.2) is 53.9 Å². The number of amides is 1. The van der Waals surface area contributed by atoms with Crippen molar-refractivity contribution in [2.75, 3.05) is 7.05 Å². The lowest BCUT2D eigenvalue weighted by Crippen LogP contribution is -2.26. The third-order valence-corrected chi connectivity index (χ3v) is 4.45. The second-order valence-electron chi connectivity index (χ2n) is 5.31. The zero-order chi connectivity index (χ0) is 17.1. The van der Waals surface area contributed by atoms with Crippen LogP contribution in [-0.4, -0.2) is 27.9 Å². The van der Waals surface area contributed by atoms with Gasteiger partial charge in [0.05, 0.1) is 0 Å². The fourth-order valence-electron chi connectivity index (χ4n) is 2.30. The van der Waals surface area contributed by atoms with E-state index in [1.165, 1.54) is 22.3 Å². The number of aromatic hydroxyl groups is 1. The maximum absolute atomic E-state index is 13.8. The monoisotopic (exact) mass is 342 g/mol. The predicted molar refractivity (Wildman–Crippen MR) is 91.4 cm³/mol. The molecule has 0 radical (unpaired) electrons. The Labute approximate surface area is 142 Å². The number of para-hydroxylation sites is 1. The average molecular weight is 342 g/mol. The van der Waals surface area contributed by atoms with Crippen molar-refractivity contribution in [3.63, 3.8) is 0 Å². The number of carbonyl (C=O) groups is 1. The molecule has 6 heteroatoms. The summed E-state index contributed by atoms with van der Waals surface area (Å²) in [4.78, 5) is 18.2. The Morgan fingerprint density at radius 1 is 1.21 bits per heavy atom. The van der Waals surface area contributed by atoms with Crippen LogP contribution in [0.25, 0.3) is 10.6 Å². The van der Waals surface area contributed by atoms with Gasteiger partial charge in [-0.15, -0.1) is 11.3 Å². The van der Waals surface area contributed by atoms with E-state index < -0.39 is 0 Å². The molecule has 0 bridgehead atoms. The highest BCUT2D eigenvalue weighted by Gasteiger charge is 2.18. The molecule has 3 aromatic rings. The van der Waals surface area contributed by atoms with E-state index in [-0.39, 0.29) is 29.7 Å². The number of aromatic nitrogens is 1. The van der Waals surface area contributed by atoms with E-state index >= 15 is 0 Å². The van der Waals surface area contributed by atoms with Crippen molar-refractivity contribution in [2.45, 2.75) is 6.54 Å². The molecule has 0 unspecified atom stereocenters. The molecule has 1 N–H and O–H groups in total. The Hall–Kier alpha value is -2.73. The van der Waals surface area contributed by atoms with Crippen LogP contribution in [0.3, 0.4) is 0 Å². The van der Waals surface area contributed by atoms with Gasteiger partial charge in [-0.25, -0.2) is 9.37 Å². The molecule has 2 aromatic carbocycles. The van der Waals surface area contributed by atoms with Crippen LogP contribution in [0, 0.1) is 5.82 Å². The zero-order valence-electron chi connectivity index (χ0n) is 12.9. The Kier molecular flexibility index (Phi) is 4.57. The number of rotatable bonds is 4.